The molecular formula is C9H15N. The summed E-state index contributed by atoms with van der Waals surface area (Å²) in [5.41, 5.74) is 0.833. The van der Waals surface area contributed by atoms with Crippen LogP contribution in [0.3, 0.4) is 0 Å². The van der Waals surface area contributed by atoms with Gasteiger partial charge in [0.05, 0.1) is 0 Å². The summed E-state index contributed by atoms with van der Waals surface area (Å²) in [6, 6.07) is 0. The molecule has 0 aromatic rings. The SMILES string of the molecule is C1CC2CC3CNCC23C1. The Hall–Kier alpha value is -0.0400. The highest BCUT2D eigenvalue weighted by Gasteiger charge is 2.58. The highest BCUT2D eigenvalue weighted by Crippen LogP contribution is 2.62. The third kappa shape index (κ3) is 0.430. The van der Waals surface area contributed by atoms with Gasteiger partial charge in [0, 0.05) is 6.54 Å². The molecule has 0 aromatic heterocycles. The van der Waals surface area contributed by atoms with Crippen molar-refractivity contribution in [2.24, 2.45) is 17.3 Å². The lowest BCUT2D eigenvalue weighted by molar-refractivity contribution is 0.0221. The fourth-order valence-electron chi connectivity index (χ4n) is 3.62. The third-order valence-corrected chi connectivity index (χ3v) is 4.23. The molecule has 3 rings (SSSR count). The van der Waals surface area contributed by atoms with Crippen LogP contribution in [0.25, 0.3) is 0 Å². The van der Waals surface area contributed by atoms with Crippen LogP contribution in [0.5, 0.6) is 0 Å². The van der Waals surface area contributed by atoms with Crippen molar-refractivity contribution in [2.45, 2.75) is 25.7 Å². The number of hydrogen-bond acceptors (Lipinski definition) is 1. The van der Waals surface area contributed by atoms with E-state index in [9.17, 15) is 0 Å². The molecule has 3 fully saturated rings. The molecule has 1 saturated heterocycles. The van der Waals surface area contributed by atoms with Gasteiger partial charge in [0.25, 0.3) is 0 Å². The minimum absolute atomic E-state index is 0.833. The van der Waals surface area contributed by atoms with Gasteiger partial charge in [0.2, 0.25) is 0 Å². The van der Waals surface area contributed by atoms with Crippen molar-refractivity contribution in [1.29, 1.82) is 0 Å². The second-order valence-corrected chi connectivity index (χ2v) is 4.39. The normalized spacial score (nSPS) is 57.6. The van der Waals surface area contributed by atoms with Crippen LogP contribution in [0.15, 0.2) is 0 Å². The largest absolute Gasteiger partial charge is 0.316 e. The Morgan fingerprint density at radius 1 is 1.30 bits per heavy atom. The summed E-state index contributed by atoms with van der Waals surface area (Å²) in [7, 11) is 0. The predicted molar refractivity (Wildman–Crippen MR) is 40.8 cm³/mol. The molecule has 1 heterocycles. The fraction of sp³-hybridized carbons (Fsp3) is 1.00. The molecule has 3 unspecified atom stereocenters. The topological polar surface area (TPSA) is 12.0 Å². The van der Waals surface area contributed by atoms with Crippen LogP contribution >= 0.6 is 0 Å². The molecule has 1 aliphatic heterocycles. The van der Waals surface area contributed by atoms with E-state index in [0.29, 0.717) is 0 Å². The monoisotopic (exact) mass is 137 g/mol. The van der Waals surface area contributed by atoms with Crippen molar-refractivity contribution in [3.8, 4) is 0 Å². The van der Waals surface area contributed by atoms with Crippen LogP contribution in [0.4, 0.5) is 0 Å². The third-order valence-electron chi connectivity index (χ3n) is 4.23. The molecule has 3 aliphatic rings. The van der Waals surface area contributed by atoms with Gasteiger partial charge in [-0.05, 0) is 43.1 Å². The first-order chi connectivity index (χ1) is 4.92. The second-order valence-electron chi connectivity index (χ2n) is 4.39. The molecule has 1 nitrogen and oxygen atoms in total. The summed E-state index contributed by atoms with van der Waals surface area (Å²) in [5.74, 6) is 2.22. The molecule has 0 amide bonds. The zero-order valence-electron chi connectivity index (χ0n) is 6.40. The molecule has 10 heavy (non-hydrogen) atoms. The molecule has 2 saturated carbocycles. The molecular weight excluding hydrogens is 122 g/mol. The first-order valence-electron chi connectivity index (χ1n) is 4.62. The molecule has 0 radical (unpaired) electrons. The minimum Gasteiger partial charge on any atom is -0.316 e. The highest BCUT2D eigenvalue weighted by atomic mass is 15.0. The lowest BCUT2D eigenvalue weighted by Crippen LogP contribution is -2.44. The van der Waals surface area contributed by atoms with E-state index >= 15 is 0 Å². The Bertz CT molecular complexity index is 146. The van der Waals surface area contributed by atoms with Gasteiger partial charge in [0.1, 0.15) is 0 Å². The van der Waals surface area contributed by atoms with Gasteiger partial charge in [-0.15, -0.1) is 0 Å². The number of hydrogen-bond donors (Lipinski definition) is 1. The fourth-order valence-corrected chi connectivity index (χ4v) is 3.62. The average molecular weight is 137 g/mol. The summed E-state index contributed by atoms with van der Waals surface area (Å²) in [4.78, 5) is 0. The van der Waals surface area contributed by atoms with E-state index in [-0.39, 0.29) is 0 Å². The lowest BCUT2D eigenvalue weighted by Gasteiger charge is -2.47. The zero-order valence-corrected chi connectivity index (χ0v) is 6.40. The quantitative estimate of drug-likeness (QED) is 0.532. The van der Waals surface area contributed by atoms with Crippen LogP contribution in [-0.4, -0.2) is 13.1 Å². The Morgan fingerprint density at radius 2 is 2.30 bits per heavy atom. The van der Waals surface area contributed by atoms with Gasteiger partial charge in [-0.25, -0.2) is 0 Å². The van der Waals surface area contributed by atoms with Crippen LogP contribution in [-0.2, 0) is 0 Å². The van der Waals surface area contributed by atoms with Crippen molar-refractivity contribution in [3.63, 3.8) is 0 Å². The summed E-state index contributed by atoms with van der Waals surface area (Å²) in [6.45, 7) is 2.68. The Balaban J connectivity index is 1.95. The van der Waals surface area contributed by atoms with Gasteiger partial charge in [-0.3, -0.25) is 0 Å². The maximum absolute atomic E-state index is 3.55. The van der Waals surface area contributed by atoms with Crippen LogP contribution < -0.4 is 5.32 Å². The van der Waals surface area contributed by atoms with Crippen molar-refractivity contribution in [1.82, 2.24) is 5.32 Å². The first kappa shape index (κ1) is 5.59. The Labute approximate surface area is 62.2 Å². The van der Waals surface area contributed by atoms with E-state index < -0.39 is 0 Å². The maximum atomic E-state index is 3.55. The average Bonchev–Trinajstić information content (AvgIpc) is 2.41. The smallest absolute Gasteiger partial charge is 0.00137 e. The van der Waals surface area contributed by atoms with Gasteiger partial charge < -0.3 is 5.32 Å². The Morgan fingerprint density at radius 3 is 3.10 bits per heavy atom. The Kier molecular flexibility index (Phi) is 0.883. The van der Waals surface area contributed by atoms with Gasteiger partial charge in [0.15, 0.2) is 0 Å². The molecule has 1 heteroatoms. The van der Waals surface area contributed by atoms with Gasteiger partial charge in [-0.1, -0.05) is 6.42 Å². The van der Waals surface area contributed by atoms with Gasteiger partial charge >= 0.3 is 0 Å². The van der Waals surface area contributed by atoms with Crippen LogP contribution in [0, 0.1) is 17.3 Å². The molecule has 1 N–H and O–H groups in total. The lowest BCUT2D eigenvalue weighted by atomic mass is 9.56. The number of rotatable bonds is 0. The predicted octanol–water partition coefficient (Wildman–Crippen LogP) is 1.40. The van der Waals surface area contributed by atoms with E-state index in [2.05, 4.69) is 5.32 Å². The summed E-state index contributed by atoms with van der Waals surface area (Å²) in [5, 5.41) is 3.55. The zero-order chi connectivity index (χ0) is 6.60. The summed E-state index contributed by atoms with van der Waals surface area (Å²) in [6.07, 6.45) is 6.14. The molecule has 1 spiro atoms. The van der Waals surface area contributed by atoms with Crippen molar-refractivity contribution in [3.05, 3.63) is 0 Å². The van der Waals surface area contributed by atoms with Crippen molar-refractivity contribution < 1.29 is 0 Å². The van der Waals surface area contributed by atoms with E-state index in [1.165, 1.54) is 32.4 Å². The first-order valence-corrected chi connectivity index (χ1v) is 4.62. The molecule has 0 aromatic carbocycles. The molecule has 3 atom stereocenters. The van der Waals surface area contributed by atoms with E-state index in [0.717, 1.165) is 17.3 Å². The maximum Gasteiger partial charge on any atom is 0.00137 e. The standard InChI is InChI=1S/C9H15N/c1-2-7-4-8-5-10-6-9(7,8)3-1/h7-8,10H,1-6H2. The van der Waals surface area contributed by atoms with Crippen LogP contribution in [0.2, 0.25) is 0 Å². The van der Waals surface area contributed by atoms with E-state index in [1.54, 1.807) is 6.42 Å². The summed E-state index contributed by atoms with van der Waals surface area (Å²) >= 11 is 0. The van der Waals surface area contributed by atoms with Gasteiger partial charge in [-0.2, -0.15) is 0 Å². The molecule has 56 valence electrons. The van der Waals surface area contributed by atoms with Crippen molar-refractivity contribution in [2.75, 3.05) is 13.1 Å². The highest BCUT2D eigenvalue weighted by molar-refractivity contribution is 5.10. The second kappa shape index (κ2) is 1.58. The molecule has 2 aliphatic carbocycles. The minimum atomic E-state index is 0.833. The van der Waals surface area contributed by atoms with Crippen LogP contribution in [0.1, 0.15) is 25.7 Å². The van der Waals surface area contributed by atoms with Crippen molar-refractivity contribution >= 4 is 0 Å². The van der Waals surface area contributed by atoms with E-state index in [1.807, 2.05) is 0 Å². The molecule has 0 bridgehead atoms. The van der Waals surface area contributed by atoms with E-state index in [4.69, 9.17) is 0 Å². The number of nitrogens with one attached hydrogen (secondary N) is 1. The summed E-state index contributed by atoms with van der Waals surface area (Å²) < 4.78 is 0.